The summed E-state index contributed by atoms with van der Waals surface area (Å²) in [5.41, 5.74) is 0. The fourth-order valence-electron chi connectivity index (χ4n) is 1.55. The zero-order valence-electron chi connectivity index (χ0n) is 9.97. The minimum Gasteiger partial charge on any atom is -0.264 e. The van der Waals surface area contributed by atoms with Gasteiger partial charge in [-0.1, -0.05) is 23.2 Å². The van der Waals surface area contributed by atoms with E-state index >= 15 is 0 Å². The van der Waals surface area contributed by atoms with E-state index in [-0.39, 0.29) is 9.92 Å². The monoisotopic (exact) mass is 319 g/mol. The summed E-state index contributed by atoms with van der Waals surface area (Å²) in [6.45, 7) is 2.41. The van der Waals surface area contributed by atoms with E-state index in [4.69, 9.17) is 23.2 Å². The molecule has 0 aliphatic heterocycles. The summed E-state index contributed by atoms with van der Waals surface area (Å²) >= 11 is 11.7. The average molecular weight is 320 g/mol. The van der Waals surface area contributed by atoms with Crippen molar-refractivity contribution in [1.82, 2.24) is 9.78 Å². The van der Waals surface area contributed by atoms with Crippen molar-refractivity contribution in [1.29, 1.82) is 0 Å². The molecule has 5 nitrogen and oxygen atoms in total. The fraction of sp³-hybridized carbons (Fsp3) is 0.182. The molecule has 0 fully saturated rings. The van der Waals surface area contributed by atoms with Crippen LogP contribution in [0.3, 0.4) is 0 Å². The normalized spacial score (nSPS) is 11.5. The zero-order chi connectivity index (χ0) is 14.0. The van der Waals surface area contributed by atoms with Gasteiger partial charge in [-0.3, -0.25) is 4.72 Å². The number of benzene rings is 1. The highest BCUT2D eigenvalue weighted by Crippen LogP contribution is 2.26. The van der Waals surface area contributed by atoms with Crippen molar-refractivity contribution >= 4 is 39.0 Å². The lowest BCUT2D eigenvalue weighted by Crippen LogP contribution is -2.16. The topological polar surface area (TPSA) is 64.0 Å². The molecule has 19 heavy (non-hydrogen) atoms. The molecular weight excluding hydrogens is 309 g/mol. The Bertz CT molecular complexity index is 698. The highest BCUT2D eigenvalue weighted by molar-refractivity contribution is 7.92. The summed E-state index contributed by atoms with van der Waals surface area (Å²) < 4.78 is 28.4. The van der Waals surface area contributed by atoms with Crippen LogP contribution in [0, 0.1) is 0 Å². The highest BCUT2D eigenvalue weighted by Gasteiger charge is 2.20. The van der Waals surface area contributed by atoms with Crippen molar-refractivity contribution in [3.8, 4) is 0 Å². The van der Waals surface area contributed by atoms with Crippen LogP contribution in [-0.4, -0.2) is 18.2 Å². The summed E-state index contributed by atoms with van der Waals surface area (Å²) in [7, 11) is -3.80. The van der Waals surface area contributed by atoms with Gasteiger partial charge in [-0.05, 0) is 25.1 Å². The number of halogens is 2. The predicted molar refractivity (Wildman–Crippen MR) is 75.2 cm³/mol. The number of rotatable bonds is 4. The first kappa shape index (κ1) is 14.2. The van der Waals surface area contributed by atoms with E-state index in [9.17, 15) is 8.42 Å². The van der Waals surface area contributed by atoms with Gasteiger partial charge in [-0.2, -0.15) is 5.10 Å². The first-order valence-corrected chi connectivity index (χ1v) is 7.67. The van der Waals surface area contributed by atoms with Gasteiger partial charge in [0.25, 0.3) is 10.0 Å². The van der Waals surface area contributed by atoms with Crippen molar-refractivity contribution in [3.05, 3.63) is 40.5 Å². The van der Waals surface area contributed by atoms with Crippen LogP contribution in [0.15, 0.2) is 35.4 Å². The number of nitrogens with zero attached hydrogens (tertiary/aromatic N) is 2. The van der Waals surface area contributed by atoms with Crippen LogP contribution in [0.5, 0.6) is 0 Å². The predicted octanol–water partition coefficient (Wildman–Crippen LogP) is 3.01. The lowest BCUT2D eigenvalue weighted by Gasteiger charge is -2.10. The largest absolute Gasteiger partial charge is 0.264 e. The second-order valence-corrected chi connectivity index (χ2v) is 6.21. The Morgan fingerprint density at radius 3 is 2.74 bits per heavy atom. The van der Waals surface area contributed by atoms with Gasteiger partial charge in [-0.15, -0.1) is 0 Å². The van der Waals surface area contributed by atoms with Crippen LogP contribution in [0.4, 0.5) is 5.82 Å². The molecule has 0 saturated heterocycles. The van der Waals surface area contributed by atoms with Crippen molar-refractivity contribution in [2.24, 2.45) is 0 Å². The van der Waals surface area contributed by atoms with Gasteiger partial charge in [0.1, 0.15) is 10.7 Å². The van der Waals surface area contributed by atoms with Crippen LogP contribution >= 0.6 is 23.2 Å². The van der Waals surface area contributed by atoms with Gasteiger partial charge in [0.15, 0.2) is 0 Å². The number of hydrogen-bond acceptors (Lipinski definition) is 3. The Hall–Kier alpha value is -1.24. The number of nitrogens with one attached hydrogen (secondary N) is 1. The number of anilines is 1. The molecule has 0 saturated carbocycles. The number of aryl methyl sites for hydroxylation is 1. The summed E-state index contributed by atoms with van der Waals surface area (Å²) in [4.78, 5) is -0.0643. The first-order chi connectivity index (χ1) is 8.94. The number of sulfonamides is 1. The molecular formula is C11H11Cl2N3O2S. The Balaban J connectivity index is 2.41. The molecule has 1 heterocycles. The van der Waals surface area contributed by atoms with Gasteiger partial charge < -0.3 is 0 Å². The first-order valence-electron chi connectivity index (χ1n) is 5.43. The average Bonchev–Trinajstić information content (AvgIpc) is 2.78. The summed E-state index contributed by atoms with van der Waals surface area (Å²) in [6.07, 6.45) is 1.51. The smallest absolute Gasteiger partial charge is 0.264 e. The quantitative estimate of drug-likeness (QED) is 0.942. The molecule has 0 unspecified atom stereocenters. The molecule has 0 atom stereocenters. The summed E-state index contributed by atoms with van der Waals surface area (Å²) in [5.74, 6) is 0.374. The van der Waals surface area contributed by atoms with E-state index in [1.807, 2.05) is 6.92 Å². The molecule has 1 aromatic heterocycles. The van der Waals surface area contributed by atoms with Gasteiger partial charge >= 0.3 is 0 Å². The van der Waals surface area contributed by atoms with Crippen LogP contribution < -0.4 is 4.72 Å². The second-order valence-electron chi connectivity index (χ2n) is 3.71. The van der Waals surface area contributed by atoms with Gasteiger partial charge in [0, 0.05) is 17.6 Å². The molecule has 0 spiro atoms. The highest BCUT2D eigenvalue weighted by atomic mass is 35.5. The molecule has 0 aliphatic rings. The van der Waals surface area contributed by atoms with Crippen molar-refractivity contribution in [3.63, 3.8) is 0 Å². The van der Waals surface area contributed by atoms with E-state index in [0.717, 1.165) is 0 Å². The van der Waals surface area contributed by atoms with E-state index in [0.29, 0.717) is 17.4 Å². The lowest BCUT2D eigenvalue weighted by atomic mass is 10.4. The Morgan fingerprint density at radius 1 is 1.32 bits per heavy atom. The standard InChI is InChI=1S/C11H11Cl2N3O2S/c1-2-16-11(5-6-14-16)15-19(17,18)10-7-8(12)3-4-9(10)13/h3-7,15H,2H2,1H3. The zero-order valence-corrected chi connectivity index (χ0v) is 12.3. The second kappa shape index (κ2) is 5.40. The molecule has 2 aromatic rings. The van der Waals surface area contributed by atoms with E-state index in [1.54, 1.807) is 6.07 Å². The van der Waals surface area contributed by atoms with Gasteiger partial charge in [0.05, 0.1) is 11.2 Å². The maximum absolute atomic E-state index is 12.2. The van der Waals surface area contributed by atoms with E-state index in [2.05, 4.69) is 9.82 Å². The lowest BCUT2D eigenvalue weighted by molar-refractivity contribution is 0.599. The number of aromatic nitrogens is 2. The molecule has 0 amide bonds. The molecule has 2 rings (SSSR count). The summed E-state index contributed by atoms with van der Waals surface area (Å²) in [5, 5.41) is 4.39. The maximum atomic E-state index is 12.2. The van der Waals surface area contributed by atoms with Crippen LogP contribution in [0.2, 0.25) is 10.0 Å². The van der Waals surface area contributed by atoms with Gasteiger partial charge in [-0.25, -0.2) is 13.1 Å². The van der Waals surface area contributed by atoms with Crippen LogP contribution in [0.1, 0.15) is 6.92 Å². The van der Waals surface area contributed by atoms with Crippen molar-refractivity contribution in [2.45, 2.75) is 18.4 Å². The van der Waals surface area contributed by atoms with Crippen LogP contribution in [0.25, 0.3) is 0 Å². The molecule has 0 bridgehead atoms. The van der Waals surface area contributed by atoms with E-state index in [1.165, 1.54) is 29.1 Å². The van der Waals surface area contributed by atoms with Gasteiger partial charge in [0.2, 0.25) is 0 Å². The van der Waals surface area contributed by atoms with Crippen molar-refractivity contribution < 1.29 is 8.42 Å². The molecule has 102 valence electrons. The molecule has 0 radical (unpaired) electrons. The molecule has 1 aromatic carbocycles. The summed E-state index contributed by atoms with van der Waals surface area (Å²) in [6, 6.07) is 5.84. The third-order valence-corrected chi connectivity index (χ3v) is 4.51. The van der Waals surface area contributed by atoms with Crippen LogP contribution in [-0.2, 0) is 16.6 Å². The van der Waals surface area contributed by atoms with Crippen molar-refractivity contribution in [2.75, 3.05) is 4.72 Å². The maximum Gasteiger partial charge on any atom is 0.264 e. The minimum atomic E-state index is -3.80. The third kappa shape index (κ3) is 3.02. The van der Waals surface area contributed by atoms with E-state index < -0.39 is 10.0 Å². The Labute approximate surface area is 121 Å². The fourth-order valence-corrected chi connectivity index (χ4v) is 3.37. The number of hydrogen-bond donors (Lipinski definition) is 1. The Morgan fingerprint density at radius 2 is 2.05 bits per heavy atom. The third-order valence-electron chi connectivity index (χ3n) is 2.44. The SMILES string of the molecule is CCn1nccc1NS(=O)(=O)c1cc(Cl)ccc1Cl. The Kier molecular flexibility index (Phi) is 4.03. The molecule has 0 aliphatic carbocycles. The molecule has 1 N–H and O–H groups in total. The molecule has 8 heteroatoms. The minimum absolute atomic E-state index is 0.0643.